The smallest absolute Gasteiger partial charge is 0.261 e. The number of nitrogens with zero attached hydrogens (tertiary/aromatic N) is 2. The predicted molar refractivity (Wildman–Crippen MR) is 69.6 cm³/mol. The zero-order valence-corrected chi connectivity index (χ0v) is 11.2. The number of hydrogen-bond acceptors (Lipinski definition) is 5. The molecule has 0 amide bonds. The molecule has 19 heavy (non-hydrogen) atoms. The highest BCUT2D eigenvalue weighted by atomic mass is 35.5. The maximum absolute atomic E-state index is 6.09. The van der Waals surface area contributed by atoms with Crippen molar-refractivity contribution < 1.29 is 14.0 Å². The van der Waals surface area contributed by atoms with Gasteiger partial charge in [-0.05, 0) is 18.6 Å². The molecule has 0 saturated heterocycles. The van der Waals surface area contributed by atoms with Gasteiger partial charge in [-0.15, -0.1) is 11.6 Å². The van der Waals surface area contributed by atoms with Gasteiger partial charge in [0.05, 0.1) is 10.9 Å². The third-order valence-electron chi connectivity index (χ3n) is 2.88. The minimum atomic E-state index is -0.241. The van der Waals surface area contributed by atoms with Crippen LogP contribution < -0.4 is 9.47 Å². The van der Waals surface area contributed by atoms with Crippen LogP contribution in [0.25, 0.3) is 11.5 Å². The quantitative estimate of drug-likeness (QED) is 0.808. The maximum Gasteiger partial charge on any atom is 0.261 e. The first-order valence-corrected chi connectivity index (χ1v) is 6.60. The molecule has 1 unspecified atom stereocenters. The Balaban J connectivity index is 2.00. The molecule has 1 aliphatic rings. The van der Waals surface area contributed by atoms with E-state index in [-0.39, 0.29) is 5.38 Å². The molecule has 0 fully saturated rings. The van der Waals surface area contributed by atoms with Gasteiger partial charge in [-0.2, -0.15) is 4.98 Å². The van der Waals surface area contributed by atoms with E-state index in [1.807, 2.05) is 25.1 Å². The summed E-state index contributed by atoms with van der Waals surface area (Å²) in [6, 6.07) is 5.58. The van der Waals surface area contributed by atoms with Gasteiger partial charge in [0.15, 0.2) is 17.3 Å². The lowest BCUT2D eigenvalue weighted by atomic mass is 10.1. The molecule has 5 nitrogen and oxygen atoms in total. The van der Waals surface area contributed by atoms with Crippen molar-refractivity contribution in [3.63, 3.8) is 0 Å². The van der Waals surface area contributed by atoms with Crippen LogP contribution in [0.2, 0.25) is 0 Å². The molecule has 0 N–H and O–H groups in total. The Labute approximate surface area is 115 Å². The van der Waals surface area contributed by atoms with Crippen molar-refractivity contribution in [2.75, 3.05) is 13.2 Å². The minimum absolute atomic E-state index is 0.241. The van der Waals surface area contributed by atoms with Gasteiger partial charge in [0, 0.05) is 0 Å². The molecule has 0 radical (unpaired) electrons. The van der Waals surface area contributed by atoms with E-state index in [0.717, 1.165) is 12.0 Å². The third kappa shape index (κ3) is 2.26. The SMILES string of the molecule is CCC(Cl)c1noc(-c2cccc3c2OCCO3)n1. The van der Waals surface area contributed by atoms with Crippen molar-refractivity contribution in [1.82, 2.24) is 10.1 Å². The van der Waals surface area contributed by atoms with Crippen LogP contribution in [-0.2, 0) is 0 Å². The lowest BCUT2D eigenvalue weighted by Gasteiger charge is -2.19. The summed E-state index contributed by atoms with van der Waals surface area (Å²) in [5.41, 5.74) is 0.732. The molecular weight excluding hydrogens is 268 g/mol. The van der Waals surface area contributed by atoms with Gasteiger partial charge >= 0.3 is 0 Å². The molecule has 2 aromatic rings. The lowest BCUT2D eigenvalue weighted by molar-refractivity contribution is 0.172. The molecular formula is C13H13ClN2O3. The summed E-state index contributed by atoms with van der Waals surface area (Å²) in [6.07, 6.45) is 0.743. The first-order chi connectivity index (χ1) is 9.29. The Bertz CT molecular complexity index is 585. The highest BCUT2D eigenvalue weighted by Crippen LogP contribution is 2.39. The Morgan fingerprint density at radius 2 is 2.16 bits per heavy atom. The van der Waals surface area contributed by atoms with E-state index in [4.69, 9.17) is 25.6 Å². The number of rotatable bonds is 3. The summed E-state index contributed by atoms with van der Waals surface area (Å²) in [5, 5.41) is 3.66. The predicted octanol–water partition coefficient (Wildman–Crippen LogP) is 3.20. The molecule has 100 valence electrons. The van der Waals surface area contributed by atoms with Crippen molar-refractivity contribution >= 4 is 11.6 Å². The number of fused-ring (bicyclic) bond motifs is 1. The molecule has 3 rings (SSSR count). The van der Waals surface area contributed by atoms with Crippen LogP contribution in [-0.4, -0.2) is 23.4 Å². The number of alkyl halides is 1. The van der Waals surface area contributed by atoms with Gasteiger partial charge < -0.3 is 14.0 Å². The Morgan fingerprint density at radius 3 is 3.00 bits per heavy atom. The second-order valence-corrected chi connectivity index (χ2v) is 4.69. The standard InChI is InChI=1S/C13H13ClN2O3/c1-2-9(14)12-15-13(19-16-12)8-4-3-5-10-11(8)18-7-6-17-10/h3-5,9H,2,6-7H2,1H3. The minimum Gasteiger partial charge on any atom is -0.486 e. The maximum atomic E-state index is 6.09. The molecule has 1 aliphatic heterocycles. The Kier molecular flexibility index (Phi) is 3.29. The number of aromatic nitrogens is 2. The molecule has 6 heteroatoms. The lowest BCUT2D eigenvalue weighted by Crippen LogP contribution is -2.15. The summed E-state index contributed by atoms with van der Waals surface area (Å²) < 4.78 is 16.4. The van der Waals surface area contributed by atoms with Gasteiger partial charge in [-0.25, -0.2) is 0 Å². The van der Waals surface area contributed by atoms with Crippen molar-refractivity contribution in [2.45, 2.75) is 18.7 Å². The molecule has 1 aromatic heterocycles. The first-order valence-electron chi connectivity index (χ1n) is 6.16. The van der Waals surface area contributed by atoms with Crippen LogP contribution in [0.15, 0.2) is 22.7 Å². The van der Waals surface area contributed by atoms with Crippen LogP contribution in [0.3, 0.4) is 0 Å². The number of para-hydroxylation sites is 1. The second kappa shape index (κ2) is 5.09. The van der Waals surface area contributed by atoms with Gasteiger partial charge in [0.25, 0.3) is 5.89 Å². The number of halogens is 1. The van der Waals surface area contributed by atoms with Crippen LogP contribution in [0, 0.1) is 0 Å². The summed E-state index contributed by atoms with van der Waals surface area (Å²) in [5.74, 6) is 2.23. The van der Waals surface area contributed by atoms with E-state index in [1.165, 1.54) is 0 Å². The zero-order valence-electron chi connectivity index (χ0n) is 10.4. The van der Waals surface area contributed by atoms with Crippen molar-refractivity contribution in [3.05, 3.63) is 24.0 Å². The van der Waals surface area contributed by atoms with Gasteiger partial charge in [-0.1, -0.05) is 18.1 Å². The number of ether oxygens (including phenoxy) is 2. The summed E-state index contributed by atoms with van der Waals surface area (Å²) in [7, 11) is 0. The summed E-state index contributed by atoms with van der Waals surface area (Å²) in [4.78, 5) is 4.31. The fraction of sp³-hybridized carbons (Fsp3) is 0.385. The molecule has 1 atom stereocenters. The molecule has 0 saturated carbocycles. The topological polar surface area (TPSA) is 57.4 Å². The first kappa shape index (κ1) is 12.3. The molecule has 1 aromatic carbocycles. The Hall–Kier alpha value is -1.75. The average molecular weight is 281 g/mol. The number of hydrogen-bond donors (Lipinski definition) is 0. The van der Waals surface area contributed by atoms with Gasteiger partial charge in [0.2, 0.25) is 0 Å². The van der Waals surface area contributed by atoms with Crippen LogP contribution >= 0.6 is 11.6 Å². The van der Waals surface area contributed by atoms with Crippen LogP contribution in [0.5, 0.6) is 11.5 Å². The van der Waals surface area contributed by atoms with Gasteiger partial charge in [0.1, 0.15) is 13.2 Å². The van der Waals surface area contributed by atoms with Crippen LogP contribution in [0.4, 0.5) is 0 Å². The largest absolute Gasteiger partial charge is 0.486 e. The molecule has 0 aliphatic carbocycles. The normalized spacial score (nSPS) is 15.3. The third-order valence-corrected chi connectivity index (χ3v) is 3.38. The van der Waals surface area contributed by atoms with E-state index in [2.05, 4.69) is 10.1 Å². The fourth-order valence-electron chi connectivity index (χ4n) is 1.90. The van der Waals surface area contributed by atoms with E-state index in [1.54, 1.807) is 0 Å². The number of benzene rings is 1. The molecule has 0 bridgehead atoms. The van der Waals surface area contributed by atoms with Crippen LogP contribution in [0.1, 0.15) is 24.5 Å². The van der Waals surface area contributed by atoms with Crippen molar-refractivity contribution in [3.8, 4) is 23.0 Å². The fourth-order valence-corrected chi connectivity index (χ4v) is 1.98. The van der Waals surface area contributed by atoms with E-state index in [0.29, 0.717) is 36.4 Å². The second-order valence-electron chi connectivity index (χ2n) is 4.16. The van der Waals surface area contributed by atoms with Crippen molar-refractivity contribution in [2.24, 2.45) is 0 Å². The Morgan fingerprint density at radius 1 is 1.32 bits per heavy atom. The highest BCUT2D eigenvalue weighted by Gasteiger charge is 2.22. The highest BCUT2D eigenvalue weighted by molar-refractivity contribution is 6.20. The monoisotopic (exact) mass is 280 g/mol. The van der Waals surface area contributed by atoms with E-state index in [9.17, 15) is 0 Å². The molecule has 0 spiro atoms. The summed E-state index contributed by atoms with van der Waals surface area (Å²) >= 11 is 6.09. The zero-order chi connectivity index (χ0) is 13.2. The average Bonchev–Trinajstić information content (AvgIpc) is 2.95. The molecule has 2 heterocycles. The van der Waals surface area contributed by atoms with Crippen molar-refractivity contribution in [1.29, 1.82) is 0 Å². The van der Waals surface area contributed by atoms with E-state index < -0.39 is 0 Å². The van der Waals surface area contributed by atoms with E-state index >= 15 is 0 Å². The van der Waals surface area contributed by atoms with Gasteiger partial charge in [-0.3, -0.25) is 0 Å². The summed E-state index contributed by atoms with van der Waals surface area (Å²) in [6.45, 7) is 3.03.